The van der Waals surface area contributed by atoms with E-state index in [1.165, 1.54) is 0 Å². The average molecular weight is 172 g/mol. The third-order valence-electron chi connectivity index (χ3n) is 2.40. The van der Waals surface area contributed by atoms with Gasteiger partial charge in [-0.25, -0.2) is 0 Å². The summed E-state index contributed by atoms with van der Waals surface area (Å²) in [6, 6.07) is 0.220. The molecule has 0 bridgehead atoms. The zero-order valence-electron chi connectivity index (χ0n) is 8.12. The molecule has 2 N–H and O–H groups in total. The van der Waals surface area contributed by atoms with Crippen LogP contribution in [0.25, 0.3) is 0 Å². The number of hydrogen-bond donors (Lipinski definition) is 1. The minimum Gasteiger partial charge on any atom is -0.374 e. The molecule has 0 saturated carbocycles. The van der Waals surface area contributed by atoms with Gasteiger partial charge in [0, 0.05) is 19.1 Å². The van der Waals surface area contributed by atoms with Crippen molar-refractivity contribution >= 4 is 0 Å². The molecule has 0 radical (unpaired) electrons. The molecule has 0 spiro atoms. The van der Waals surface area contributed by atoms with Crippen molar-refractivity contribution in [3.05, 3.63) is 0 Å². The maximum absolute atomic E-state index is 5.97. The van der Waals surface area contributed by atoms with Crippen molar-refractivity contribution in [2.75, 3.05) is 26.7 Å². The molecule has 0 aromatic heterocycles. The fraction of sp³-hybridized carbons (Fsp3) is 1.00. The number of nitrogens with two attached hydrogens (primary N) is 1. The molecule has 0 aromatic rings. The fourth-order valence-electron chi connectivity index (χ4n) is 1.59. The predicted octanol–water partition coefficient (Wildman–Crippen LogP) is 0.444. The second-order valence-electron chi connectivity index (χ2n) is 3.62. The molecule has 1 unspecified atom stereocenters. The SMILES string of the molecule is CCC[C@H](N)C1CN(C)CCO1. The van der Waals surface area contributed by atoms with Crippen LogP contribution in [-0.4, -0.2) is 43.8 Å². The van der Waals surface area contributed by atoms with Gasteiger partial charge in [0.05, 0.1) is 12.7 Å². The van der Waals surface area contributed by atoms with E-state index in [9.17, 15) is 0 Å². The maximum atomic E-state index is 5.97. The van der Waals surface area contributed by atoms with E-state index in [-0.39, 0.29) is 12.1 Å². The Balaban J connectivity index is 2.29. The summed E-state index contributed by atoms with van der Waals surface area (Å²) in [6.07, 6.45) is 2.46. The first-order valence-corrected chi connectivity index (χ1v) is 4.79. The molecule has 1 aliphatic rings. The minimum atomic E-state index is 0.220. The lowest BCUT2D eigenvalue weighted by atomic mass is 10.1. The first kappa shape index (κ1) is 9.96. The number of morpholine rings is 1. The van der Waals surface area contributed by atoms with E-state index in [1.807, 2.05) is 0 Å². The molecule has 72 valence electrons. The molecule has 1 rings (SSSR count). The fourth-order valence-corrected chi connectivity index (χ4v) is 1.59. The molecule has 3 heteroatoms. The van der Waals surface area contributed by atoms with Crippen LogP contribution in [0, 0.1) is 0 Å². The third-order valence-corrected chi connectivity index (χ3v) is 2.40. The molecule has 2 atom stereocenters. The first-order valence-electron chi connectivity index (χ1n) is 4.79. The van der Waals surface area contributed by atoms with Gasteiger partial charge in [0.25, 0.3) is 0 Å². The zero-order valence-corrected chi connectivity index (χ0v) is 8.12. The summed E-state index contributed by atoms with van der Waals surface area (Å²) in [5, 5.41) is 0. The maximum Gasteiger partial charge on any atom is 0.0853 e. The number of nitrogens with zero attached hydrogens (tertiary/aromatic N) is 1. The minimum absolute atomic E-state index is 0.220. The molecule has 1 saturated heterocycles. The smallest absolute Gasteiger partial charge is 0.0853 e. The summed E-state index contributed by atoms with van der Waals surface area (Å²) in [6.45, 7) is 5.02. The van der Waals surface area contributed by atoms with E-state index in [4.69, 9.17) is 10.5 Å². The monoisotopic (exact) mass is 172 g/mol. The summed E-state index contributed by atoms with van der Waals surface area (Å²) in [7, 11) is 2.12. The van der Waals surface area contributed by atoms with Crippen LogP contribution >= 0.6 is 0 Å². The van der Waals surface area contributed by atoms with Crippen LogP contribution in [0.15, 0.2) is 0 Å². The van der Waals surface area contributed by atoms with Crippen molar-refractivity contribution in [3.63, 3.8) is 0 Å². The van der Waals surface area contributed by atoms with Crippen LogP contribution in [0.3, 0.4) is 0 Å². The van der Waals surface area contributed by atoms with E-state index in [1.54, 1.807) is 0 Å². The highest BCUT2D eigenvalue weighted by atomic mass is 16.5. The lowest BCUT2D eigenvalue weighted by Crippen LogP contribution is -2.49. The van der Waals surface area contributed by atoms with Gasteiger partial charge < -0.3 is 15.4 Å². The van der Waals surface area contributed by atoms with Crippen LogP contribution in [0.2, 0.25) is 0 Å². The Bertz CT molecular complexity index is 130. The number of likely N-dealkylation sites (N-methyl/N-ethyl adjacent to an activating group) is 1. The molecule has 3 nitrogen and oxygen atoms in total. The highest BCUT2D eigenvalue weighted by Crippen LogP contribution is 2.09. The number of ether oxygens (including phenoxy) is 1. The van der Waals surface area contributed by atoms with Crippen LogP contribution in [0.1, 0.15) is 19.8 Å². The topological polar surface area (TPSA) is 38.5 Å². The van der Waals surface area contributed by atoms with Gasteiger partial charge in [0.1, 0.15) is 0 Å². The summed E-state index contributed by atoms with van der Waals surface area (Å²) < 4.78 is 5.60. The van der Waals surface area contributed by atoms with Gasteiger partial charge >= 0.3 is 0 Å². The van der Waals surface area contributed by atoms with Crippen molar-refractivity contribution in [1.82, 2.24) is 4.90 Å². The summed E-state index contributed by atoms with van der Waals surface area (Å²) in [4.78, 5) is 2.28. The largest absolute Gasteiger partial charge is 0.374 e. The highest BCUT2D eigenvalue weighted by molar-refractivity contribution is 4.78. The first-order chi connectivity index (χ1) is 5.74. The van der Waals surface area contributed by atoms with Crippen molar-refractivity contribution in [2.24, 2.45) is 5.73 Å². The van der Waals surface area contributed by atoms with Crippen molar-refractivity contribution in [1.29, 1.82) is 0 Å². The second-order valence-corrected chi connectivity index (χ2v) is 3.62. The van der Waals surface area contributed by atoms with E-state index < -0.39 is 0 Å². The Morgan fingerprint density at radius 1 is 1.67 bits per heavy atom. The highest BCUT2D eigenvalue weighted by Gasteiger charge is 2.22. The molecule has 0 aromatic carbocycles. The van der Waals surface area contributed by atoms with Gasteiger partial charge in [-0.2, -0.15) is 0 Å². The van der Waals surface area contributed by atoms with E-state index in [2.05, 4.69) is 18.9 Å². The lowest BCUT2D eigenvalue weighted by molar-refractivity contribution is -0.0333. The van der Waals surface area contributed by atoms with Gasteiger partial charge in [-0.05, 0) is 13.5 Å². The summed E-state index contributed by atoms with van der Waals surface area (Å²) in [5.41, 5.74) is 5.97. The Labute approximate surface area is 74.9 Å². The molecule has 0 aliphatic carbocycles. The Hall–Kier alpha value is -0.120. The van der Waals surface area contributed by atoms with Crippen molar-refractivity contribution in [3.8, 4) is 0 Å². The molecular weight excluding hydrogens is 152 g/mol. The number of hydrogen-bond acceptors (Lipinski definition) is 3. The lowest BCUT2D eigenvalue weighted by Gasteiger charge is -2.33. The molecular formula is C9H20N2O. The Morgan fingerprint density at radius 2 is 2.42 bits per heavy atom. The van der Waals surface area contributed by atoms with Crippen molar-refractivity contribution in [2.45, 2.75) is 31.9 Å². The van der Waals surface area contributed by atoms with Gasteiger partial charge in [-0.3, -0.25) is 0 Å². The van der Waals surface area contributed by atoms with Gasteiger partial charge in [-0.1, -0.05) is 13.3 Å². The number of rotatable bonds is 3. The quantitative estimate of drug-likeness (QED) is 0.671. The standard InChI is InChI=1S/C9H20N2O/c1-3-4-8(10)9-7-11(2)5-6-12-9/h8-9H,3-7,10H2,1-2H3/t8-,9?/m0/s1. The van der Waals surface area contributed by atoms with Gasteiger partial charge in [0.15, 0.2) is 0 Å². The summed E-state index contributed by atoms with van der Waals surface area (Å²) in [5.74, 6) is 0. The molecule has 0 amide bonds. The molecule has 1 aliphatic heterocycles. The van der Waals surface area contributed by atoms with Crippen molar-refractivity contribution < 1.29 is 4.74 Å². The van der Waals surface area contributed by atoms with Crippen LogP contribution < -0.4 is 5.73 Å². The summed E-state index contributed by atoms with van der Waals surface area (Å²) >= 11 is 0. The Morgan fingerprint density at radius 3 is 3.00 bits per heavy atom. The normalized spacial score (nSPS) is 28.8. The average Bonchev–Trinajstić information content (AvgIpc) is 2.05. The third kappa shape index (κ3) is 2.73. The van der Waals surface area contributed by atoms with Crippen LogP contribution in [-0.2, 0) is 4.74 Å². The predicted molar refractivity (Wildman–Crippen MR) is 50.1 cm³/mol. The van der Waals surface area contributed by atoms with Crippen LogP contribution in [0.4, 0.5) is 0 Å². The van der Waals surface area contributed by atoms with E-state index in [0.29, 0.717) is 0 Å². The second kappa shape index (κ2) is 4.80. The van der Waals surface area contributed by atoms with E-state index >= 15 is 0 Å². The van der Waals surface area contributed by atoms with Gasteiger partial charge in [-0.15, -0.1) is 0 Å². The zero-order chi connectivity index (χ0) is 8.97. The Kier molecular flexibility index (Phi) is 3.98. The van der Waals surface area contributed by atoms with E-state index in [0.717, 1.165) is 32.5 Å². The van der Waals surface area contributed by atoms with Crippen LogP contribution in [0.5, 0.6) is 0 Å². The molecule has 1 heterocycles. The van der Waals surface area contributed by atoms with Gasteiger partial charge in [0.2, 0.25) is 0 Å². The molecule has 12 heavy (non-hydrogen) atoms. The molecule has 1 fully saturated rings.